The van der Waals surface area contributed by atoms with Crippen molar-refractivity contribution in [2.45, 2.75) is 45.6 Å². The van der Waals surface area contributed by atoms with Crippen molar-refractivity contribution in [1.82, 2.24) is 9.97 Å². The van der Waals surface area contributed by atoms with Crippen LogP contribution in [0.4, 0.5) is 24.5 Å². The lowest BCUT2D eigenvalue weighted by Gasteiger charge is -2.29. The largest absolute Gasteiger partial charge is 0.466 e. The van der Waals surface area contributed by atoms with Crippen LogP contribution in [-0.4, -0.2) is 46.2 Å². The summed E-state index contributed by atoms with van der Waals surface area (Å²) in [6, 6.07) is 7.93. The standard InChI is InChI=1S/C27H24F3N5O4S/c1-6-20-32-22-17(23(33-20)39-13-21(36)38-5)9-16(11-19(22)28)35-25(40)34(24(37)26(35,2)3)15-8-7-14(12-31)18(10-15)27(4,29)30/h7-11H,6,13H2,1-5H3. The lowest BCUT2D eigenvalue weighted by Crippen LogP contribution is -2.44. The first kappa shape index (κ1) is 28.7. The van der Waals surface area contributed by atoms with E-state index in [1.807, 2.05) is 0 Å². The molecule has 0 saturated carbocycles. The summed E-state index contributed by atoms with van der Waals surface area (Å²) in [7, 11) is 1.19. The molecule has 208 valence electrons. The van der Waals surface area contributed by atoms with Crippen molar-refractivity contribution >= 4 is 51.5 Å². The molecule has 0 N–H and O–H groups in total. The van der Waals surface area contributed by atoms with Gasteiger partial charge in [0.1, 0.15) is 16.9 Å². The van der Waals surface area contributed by atoms with E-state index >= 15 is 4.39 Å². The van der Waals surface area contributed by atoms with Crippen molar-refractivity contribution in [3.63, 3.8) is 0 Å². The second-order valence-electron chi connectivity index (χ2n) is 9.53. The first-order valence-electron chi connectivity index (χ1n) is 12.1. The van der Waals surface area contributed by atoms with Gasteiger partial charge in [0, 0.05) is 24.6 Å². The van der Waals surface area contributed by atoms with Crippen molar-refractivity contribution in [3.8, 4) is 11.9 Å². The number of fused-ring (bicyclic) bond motifs is 1. The summed E-state index contributed by atoms with van der Waals surface area (Å²) >= 11 is 5.62. The molecule has 4 rings (SSSR count). The fraction of sp³-hybridized carbons (Fsp3) is 0.333. The number of alkyl halides is 2. The van der Waals surface area contributed by atoms with Crippen LogP contribution in [0.15, 0.2) is 30.3 Å². The minimum Gasteiger partial charge on any atom is -0.466 e. The number of carbonyl (C=O) groups excluding carboxylic acids is 2. The number of benzene rings is 2. The van der Waals surface area contributed by atoms with Crippen LogP contribution in [0.3, 0.4) is 0 Å². The molecule has 0 radical (unpaired) electrons. The van der Waals surface area contributed by atoms with Gasteiger partial charge in [-0.3, -0.25) is 9.69 Å². The Hall–Kier alpha value is -4.31. The zero-order chi connectivity index (χ0) is 29.6. The third-order valence-electron chi connectivity index (χ3n) is 6.40. The molecule has 1 saturated heterocycles. The number of aromatic nitrogens is 2. The van der Waals surface area contributed by atoms with E-state index in [4.69, 9.17) is 17.0 Å². The van der Waals surface area contributed by atoms with E-state index in [0.29, 0.717) is 13.3 Å². The number of carbonyl (C=O) groups is 2. The van der Waals surface area contributed by atoms with Gasteiger partial charge in [0.2, 0.25) is 5.88 Å². The van der Waals surface area contributed by atoms with Crippen LogP contribution in [0.1, 0.15) is 44.6 Å². The Labute approximate surface area is 233 Å². The molecular weight excluding hydrogens is 547 g/mol. The molecule has 2 heterocycles. The fourth-order valence-corrected chi connectivity index (χ4v) is 4.89. The van der Waals surface area contributed by atoms with Gasteiger partial charge < -0.3 is 14.4 Å². The molecule has 2 aromatic carbocycles. The zero-order valence-electron chi connectivity index (χ0n) is 22.2. The minimum absolute atomic E-state index is 0.0281. The number of amides is 1. The monoisotopic (exact) mass is 571 g/mol. The van der Waals surface area contributed by atoms with Crippen LogP contribution < -0.4 is 14.5 Å². The van der Waals surface area contributed by atoms with Gasteiger partial charge in [0.05, 0.1) is 29.8 Å². The summed E-state index contributed by atoms with van der Waals surface area (Å²) in [6.45, 7) is 5.03. The lowest BCUT2D eigenvalue weighted by molar-refractivity contribution is -0.143. The number of esters is 1. The lowest BCUT2D eigenvalue weighted by atomic mass is 10.0. The third kappa shape index (κ3) is 4.90. The summed E-state index contributed by atoms with van der Waals surface area (Å²) in [5.41, 5.74) is -2.08. The van der Waals surface area contributed by atoms with Crippen LogP contribution in [-0.2, 0) is 26.7 Å². The number of thiocarbonyl (C=S) groups is 1. The van der Waals surface area contributed by atoms with E-state index in [9.17, 15) is 23.6 Å². The topological polar surface area (TPSA) is 109 Å². The van der Waals surface area contributed by atoms with Gasteiger partial charge in [0.25, 0.3) is 11.8 Å². The molecule has 3 aromatic rings. The smallest absolute Gasteiger partial charge is 0.343 e. The van der Waals surface area contributed by atoms with Crippen LogP contribution in [0.2, 0.25) is 0 Å². The summed E-state index contributed by atoms with van der Waals surface area (Å²) in [4.78, 5) is 36.3. The number of halogens is 3. The van der Waals surface area contributed by atoms with Crippen LogP contribution in [0.25, 0.3) is 10.9 Å². The van der Waals surface area contributed by atoms with E-state index < -0.39 is 41.3 Å². The molecular formula is C27H24F3N5O4S. The highest BCUT2D eigenvalue weighted by Crippen LogP contribution is 2.41. The van der Waals surface area contributed by atoms with E-state index in [2.05, 4.69) is 14.7 Å². The highest BCUT2D eigenvalue weighted by atomic mass is 32.1. The summed E-state index contributed by atoms with van der Waals surface area (Å²) < 4.78 is 54.2. The normalized spacial score (nSPS) is 15.0. The van der Waals surface area contributed by atoms with Crippen LogP contribution in [0.5, 0.6) is 5.88 Å². The number of ether oxygens (including phenoxy) is 2. The molecule has 13 heteroatoms. The number of aryl methyl sites for hydroxylation is 1. The molecule has 0 atom stereocenters. The van der Waals surface area contributed by atoms with Gasteiger partial charge in [-0.15, -0.1) is 0 Å². The molecule has 1 aromatic heterocycles. The van der Waals surface area contributed by atoms with Crippen molar-refractivity contribution < 1.29 is 32.2 Å². The average molecular weight is 572 g/mol. The van der Waals surface area contributed by atoms with Gasteiger partial charge >= 0.3 is 5.97 Å². The molecule has 0 bridgehead atoms. The SMILES string of the molecule is CCc1nc(OCC(=O)OC)c2cc(N3C(=S)N(c4ccc(C#N)c(C(C)(F)F)c4)C(=O)C3(C)C)cc(F)c2n1. The maximum absolute atomic E-state index is 15.5. The summed E-state index contributed by atoms with van der Waals surface area (Å²) in [5, 5.41) is 9.30. The molecule has 0 aliphatic carbocycles. The Balaban J connectivity index is 1.85. The quantitative estimate of drug-likeness (QED) is 0.292. The predicted molar refractivity (Wildman–Crippen MR) is 144 cm³/mol. The van der Waals surface area contributed by atoms with E-state index in [0.717, 1.165) is 17.0 Å². The number of rotatable bonds is 7. The van der Waals surface area contributed by atoms with E-state index in [1.165, 1.54) is 30.2 Å². The van der Waals surface area contributed by atoms with Gasteiger partial charge in [-0.1, -0.05) is 6.92 Å². The van der Waals surface area contributed by atoms with Gasteiger partial charge in [-0.25, -0.2) is 22.9 Å². The third-order valence-corrected chi connectivity index (χ3v) is 6.77. The highest BCUT2D eigenvalue weighted by molar-refractivity contribution is 7.81. The average Bonchev–Trinajstić information content (AvgIpc) is 3.08. The number of hydrogen-bond acceptors (Lipinski definition) is 8. The molecule has 9 nitrogen and oxygen atoms in total. The molecule has 0 unspecified atom stereocenters. The first-order chi connectivity index (χ1) is 18.7. The molecule has 1 aliphatic heterocycles. The first-order valence-corrected chi connectivity index (χ1v) is 12.5. The van der Waals surface area contributed by atoms with Crippen molar-refractivity contribution in [2.75, 3.05) is 23.5 Å². The minimum atomic E-state index is -3.36. The van der Waals surface area contributed by atoms with Crippen molar-refractivity contribution in [1.29, 1.82) is 5.26 Å². The Kier molecular flexibility index (Phi) is 7.42. The van der Waals surface area contributed by atoms with Gasteiger partial charge in [-0.2, -0.15) is 10.2 Å². The molecule has 40 heavy (non-hydrogen) atoms. The maximum atomic E-state index is 15.5. The second kappa shape index (κ2) is 10.3. The molecule has 1 fully saturated rings. The van der Waals surface area contributed by atoms with E-state index in [1.54, 1.807) is 26.8 Å². The maximum Gasteiger partial charge on any atom is 0.343 e. The highest BCUT2D eigenvalue weighted by Gasteiger charge is 2.50. The number of anilines is 2. The Bertz CT molecular complexity index is 1600. The second-order valence-corrected chi connectivity index (χ2v) is 9.90. The van der Waals surface area contributed by atoms with Gasteiger partial charge in [-0.05, 0) is 56.4 Å². The number of nitrogens with zero attached hydrogens (tertiary/aromatic N) is 5. The zero-order valence-corrected chi connectivity index (χ0v) is 23.0. The van der Waals surface area contributed by atoms with Gasteiger partial charge in [0.15, 0.2) is 17.5 Å². The molecule has 1 amide bonds. The van der Waals surface area contributed by atoms with Crippen LogP contribution >= 0.6 is 12.2 Å². The fourth-order valence-electron chi connectivity index (χ4n) is 4.36. The number of methoxy groups -OCH3 is 1. The predicted octanol–water partition coefficient (Wildman–Crippen LogP) is 4.78. The number of nitriles is 1. The molecule has 0 spiro atoms. The molecule has 1 aliphatic rings. The van der Waals surface area contributed by atoms with Crippen molar-refractivity contribution in [3.05, 3.63) is 53.1 Å². The summed E-state index contributed by atoms with van der Waals surface area (Å²) in [5.74, 6) is -5.15. The Morgan fingerprint density at radius 1 is 1.20 bits per heavy atom. The number of hydrogen-bond donors (Lipinski definition) is 0. The Morgan fingerprint density at radius 2 is 1.90 bits per heavy atom. The van der Waals surface area contributed by atoms with Crippen LogP contribution in [0, 0.1) is 17.1 Å². The Morgan fingerprint density at radius 3 is 2.50 bits per heavy atom. The van der Waals surface area contributed by atoms with E-state index in [-0.39, 0.29) is 44.7 Å². The summed E-state index contributed by atoms with van der Waals surface area (Å²) in [6.07, 6.45) is 0.363. The van der Waals surface area contributed by atoms with Crippen molar-refractivity contribution in [2.24, 2.45) is 0 Å².